The number of fused-ring (bicyclic) bond motifs is 1. The first-order chi connectivity index (χ1) is 12.8. The highest BCUT2D eigenvalue weighted by Crippen LogP contribution is 2.33. The maximum absolute atomic E-state index is 12.8. The molecule has 7 heteroatoms. The minimum absolute atomic E-state index is 0.207. The predicted octanol–water partition coefficient (Wildman–Crippen LogP) is 3.83. The molecule has 0 radical (unpaired) electrons. The van der Waals surface area contributed by atoms with E-state index >= 15 is 0 Å². The van der Waals surface area contributed by atoms with Crippen molar-refractivity contribution in [2.24, 2.45) is 0 Å². The highest BCUT2D eigenvalue weighted by Gasteiger charge is 2.31. The van der Waals surface area contributed by atoms with Crippen LogP contribution >= 0.6 is 0 Å². The zero-order valence-corrected chi connectivity index (χ0v) is 17.2. The third-order valence-corrected chi connectivity index (χ3v) is 5.63. The highest BCUT2D eigenvalue weighted by molar-refractivity contribution is 7.83. The van der Waals surface area contributed by atoms with E-state index in [0.29, 0.717) is 29.5 Å². The summed E-state index contributed by atoms with van der Waals surface area (Å²) in [5.74, 6) is 2.09. The second-order valence-corrected chi connectivity index (χ2v) is 9.22. The summed E-state index contributed by atoms with van der Waals surface area (Å²) in [6.07, 6.45) is 2.09. The van der Waals surface area contributed by atoms with E-state index in [1.807, 2.05) is 37.6 Å². The molecule has 0 aliphatic carbocycles. The number of hydrogen-bond donors (Lipinski definition) is 1. The summed E-state index contributed by atoms with van der Waals surface area (Å²) >= 11 is 0. The summed E-state index contributed by atoms with van der Waals surface area (Å²) in [7, 11) is -0.944. The van der Waals surface area contributed by atoms with Crippen LogP contribution in [0.2, 0.25) is 0 Å². The molecule has 27 heavy (non-hydrogen) atoms. The quantitative estimate of drug-likeness (QED) is 0.762. The van der Waals surface area contributed by atoms with E-state index in [0.717, 1.165) is 29.8 Å². The molecular formula is C20H27N3O3S. The SMILES string of the molecule is CCCCOc1ccc(C(=O)Nc2c3c(nn2C(C)(C)C)CS(=O)C3)cc1. The Labute approximate surface area is 162 Å². The van der Waals surface area contributed by atoms with Gasteiger partial charge in [-0.25, -0.2) is 4.68 Å². The minimum Gasteiger partial charge on any atom is -0.494 e. The lowest BCUT2D eigenvalue weighted by Crippen LogP contribution is -2.27. The highest BCUT2D eigenvalue weighted by atomic mass is 32.2. The van der Waals surface area contributed by atoms with Crippen molar-refractivity contribution in [2.45, 2.75) is 57.6 Å². The third kappa shape index (κ3) is 4.40. The van der Waals surface area contributed by atoms with Gasteiger partial charge >= 0.3 is 0 Å². The number of amides is 1. The summed E-state index contributed by atoms with van der Waals surface area (Å²) < 4.78 is 19.4. The Morgan fingerprint density at radius 1 is 1.26 bits per heavy atom. The fourth-order valence-electron chi connectivity index (χ4n) is 2.96. The number of carbonyl (C=O) groups excluding carboxylic acids is 1. The van der Waals surface area contributed by atoms with Gasteiger partial charge < -0.3 is 10.1 Å². The molecular weight excluding hydrogens is 362 g/mol. The Morgan fingerprint density at radius 2 is 1.96 bits per heavy atom. The van der Waals surface area contributed by atoms with Gasteiger partial charge in [0.05, 0.1) is 29.3 Å². The molecule has 6 nitrogen and oxygen atoms in total. The third-order valence-electron chi connectivity index (χ3n) is 4.42. The molecule has 0 saturated carbocycles. The predicted molar refractivity (Wildman–Crippen MR) is 108 cm³/mol. The lowest BCUT2D eigenvalue weighted by Gasteiger charge is -2.23. The molecule has 2 aromatic rings. The van der Waals surface area contributed by atoms with Gasteiger partial charge in [-0.2, -0.15) is 5.10 Å². The van der Waals surface area contributed by atoms with Crippen molar-refractivity contribution in [1.29, 1.82) is 0 Å². The van der Waals surface area contributed by atoms with Crippen LogP contribution in [0, 0.1) is 0 Å². The van der Waals surface area contributed by atoms with E-state index in [1.54, 1.807) is 12.1 Å². The Morgan fingerprint density at radius 3 is 2.59 bits per heavy atom. The second kappa shape index (κ2) is 7.84. The summed E-state index contributed by atoms with van der Waals surface area (Å²) in [6.45, 7) is 8.89. The van der Waals surface area contributed by atoms with Gasteiger partial charge in [-0.1, -0.05) is 13.3 Å². The fraction of sp³-hybridized carbons (Fsp3) is 0.500. The van der Waals surface area contributed by atoms with Crippen LogP contribution in [0.5, 0.6) is 5.75 Å². The van der Waals surface area contributed by atoms with E-state index in [-0.39, 0.29) is 11.4 Å². The van der Waals surface area contributed by atoms with Crippen LogP contribution in [0.25, 0.3) is 0 Å². The molecule has 1 aliphatic rings. The van der Waals surface area contributed by atoms with Crippen molar-refractivity contribution in [3.8, 4) is 5.75 Å². The monoisotopic (exact) mass is 389 g/mol. The number of carbonyl (C=O) groups is 1. The number of benzene rings is 1. The first-order valence-corrected chi connectivity index (χ1v) is 10.8. The van der Waals surface area contributed by atoms with E-state index in [9.17, 15) is 9.00 Å². The van der Waals surface area contributed by atoms with Crippen LogP contribution in [-0.4, -0.2) is 26.5 Å². The number of anilines is 1. The minimum atomic E-state index is -0.944. The van der Waals surface area contributed by atoms with Crippen molar-refractivity contribution in [2.75, 3.05) is 11.9 Å². The molecule has 1 aliphatic heterocycles. The molecule has 0 saturated heterocycles. The maximum atomic E-state index is 12.8. The van der Waals surface area contributed by atoms with Crippen molar-refractivity contribution < 1.29 is 13.7 Å². The number of rotatable bonds is 6. The molecule has 1 aromatic heterocycles. The van der Waals surface area contributed by atoms with Crippen LogP contribution in [0.15, 0.2) is 24.3 Å². The van der Waals surface area contributed by atoms with E-state index in [4.69, 9.17) is 4.74 Å². The number of ether oxygens (including phenoxy) is 1. The summed E-state index contributed by atoms with van der Waals surface area (Å²) in [5, 5.41) is 7.60. The topological polar surface area (TPSA) is 73.2 Å². The average molecular weight is 390 g/mol. The average Bonchev–Trinajstić information content (AvgIpc) is 3.13. The Kier molecular flexibility index (Phi) is 5.69. The maximum Gasteiger partial charge on any atom is 0.256 e. The zero-order chi connectivity index (χ0) is 19.6. The van der Waals surface area contributed by atoms with E-state index in [1.165, 1.54) is 0 Å². The van der Waals surface area contributed by atoms with Gasteiger partial charge in [-0.05, 0) is 51.5 Å². The molecule has 1 N–H and O–H groups in total. The van der Waals surface area contributed by atoms with Gasteiger partial charge in [-0.3, -0.25) is 9.00 Å². The van der Waals surface area contributed by atoms with Crippen LogP contribution in [0.4, 0.5) is 5.82 Å². The van der Waals surface area contributed by atoms with Gasteiger partial charge in [0.15, 0.2) is 0 Å². The van der Waals surface area contributed by atoms with Gasteiger partial charge in [0, 0.05) is 21.9 Å². The van der Waals surface area contributed by atoms with E-state index < -0.39 is 10.8 Å². The molecule has 0 spiro atoms. The number of aromatic nitrogens is 2. The molecule has 2 heterocycles. The smallest absolute Gasteiger partial charge is 0.256 e. The molecule has 0 fully saturated rings. The van der Waals surface area contributed by atoms with Crippen molar-refractivity contribution >= 4 is 22.5 Å². The normalized spacial score (nSPS) is 16.2. The van der Waals surface area contributed by atoms with Crippen LogP contribution in [-0.2, 0) is 27.8 Å². The standard InChI is InChI=1S/C20H27N3O3S/c1-5-6-11-26-15-9-7-14(8-10-15)19(24)21-18-16-12-27(25)13-17(16)22-23(18)20(2,3)4/h7-10H,5-6,11-13H2,1-4H3,(H,21,24). The van der Waals surface area contributed by atoms with Crippen LogP contribution in [0.3, 0.4) is 0 Å². The van der Waals surface area contributed by atoms with Crippen molar-refractivity contribution in [3.63, 3.8) is 0 Å². The van der Waals surface area contributed by atoms with Gasteiger partial charge in [-0.15, -0.1) is 0 Å². The lowest BCUT2D eigenvalue weighted by molar-refractivity contribution is 0.102. The molecule has 1 amide bonds. The molecule has 1 atom stereocenters. The summed E-state index contributed by atoms with van der Waals surface area (Å²) in [6, 6.07) is 7.13. The molecule has 1 aromatic carbocycles. The van der Waals surface area contributed by atoms with Gasteiger partial charge in [0.2, 0.25) is 0 Å². The number of nitrogens with zero attached hydrogens (tertiary/aromatic N) is 2. The van der Waals surface area contributed by atoms with Crippen molar-refractivity contribution in [3.05, 3.63) is 41.1 Å². The Hall–Kier alpha value is -2.15. The van der Waals surface area contributed by atoms with Gasteiger partial charge in [0.25, 0.3) is 5.91 Å². The molecule has 1 unspecified atom stereocenters. The molecule has 146 valence electrons. The summed E-state index contributed by atoms with van der Waals surface area (Å²) in [5.41, 5.74) is 1.97. The largest absolute Gasteiger partial charge is 0.494 e. The van der Waals surface area contributed by atoms with Gasteiger partial charge in [0.1, 0.15) is 11.6 Å². The van der Waals surface area contributed by atoms with E-state index in [2.05, 4.69) is 17.3 Å². The van der Waals surface area contributed by atoms with Crippen LogP contribution in [0.1, 0.15) is 62.2 Å². The first-order valence-electron chi connectivity index (χ1n) is 9.30. The molecule has 0 bridgehead atoms. The number of unbranched alkanes of at least 4 members (excludes halogenated alkanes) is 1. The fourth-order valence-corrected chi connectivity index (χ4v) is 4.22. The molecule has 3 rings (SSSR count). The number of nitrogens with one attached hydrogen (secondary N) is 1. The lowest BCUT2D eigenvalue weighted by atomic mass is 10.1. The first kappa shape index (κ1) is 19.6. The summed E-state index contributed by atoms with van der Waals surface area (Å²) in [4.78, 5) is 12.8. The number of hydrogen-bond acceptors (Lipinski definition) is 4. The second-order valence-electron chi connectivity index (χ2n) is 7.77. The Bertz CT molecular complexity index is 851. The zero-order valence-electron chi connectivity index (χ0n) is 16.4. The van der Waals surface area contributed by atoms with Crippen LogP contribution < -0.4 is 10.1 Å². The Balaban J connectivity index is 1.79. The van der Waals surface area contributed by atoms with Crippen molar-refractivity contribution in [1.82, 2.24) is 9.78 Å².